The Hall–Kier alpha value is -3.52. The quantitative estimate of drug-likeness (QED) is 0.471. The van der Waals surface area contributed by atoms with Crippen LogP contribution < -0.4 is 9.47 Å². The number of carbonyl (C=O) groups excluding carboxylic acids is 2. The zero-order valence-electron chi connectivity index (χ0n) is 19.8. The molecule has 0 atom stereocenters. The van der Waals surface area contributed by atoms with Gasteiger partial charge in [-0.2, -0.15) is 0 Å². The van der Waals surface area contributed by atoms with E-state index in [1.54, 1.807) is 17.9 Å². The fourth-order valence-corrected chi connectivity index (χ4v) is 4.19. The fourth-order valence-electron chi connectivity index (χ4n) is 4.19. The van der Waals surface area contributed by atoms with Crippen molar-refractivity contribution in [2.45, 2.75) is 20.8 Å². The zero-order valence-corrected chi connectivity index (χ0v) is 19.8. The highest BCUT2D eigenvalue weighted by molar-refractivity contribution is 6.07. The van der Waals surface area contributed by atoms with Gasteiger partial charge in [0, 0.05) is 29.9 Å². The molecule has 0 radical (unpaired) electrons. The Morgan fingerprint density at radius 1 is 0.941 bits per heavy atom. The second-order valence-corrected chi connectivity index (χ2v) is 7.90. The first-order valence-corrected chi connectivity index (χ1v) is 11.6. The van der Waals surface area contributed by atoms with Crippen LogP contribution in [0.2, 0.25) is 0 Å². The highest BCUT2D eigenvalue weighted by Crippen LogP contribution is 2.33. The van der Waals surface area contributed by atoms with Crippen molar-refractivity contribution in [1.82, 2.24) is 9.47 Å². The molecule has 0 bridgehead atoms. The van der Waals surface area contributed by atoms with Crippen LogP contribution in [0.5, 0.6) is 11.5 Å². The summed E-state index contributed by atoms with van der Waals surface area (Å²) >= 11 is 0. The molecule has 1 aliphatic rings. The van der Waals surface area contributed by atoms with Gasteiger partial charge in [-0.3, -0.25) is 4.79 Å². The number of benzene rings is 2. The number of morpholine rings is 1. The third-order valence-electron chi connectivity index (χ3n) is 5.79. The van der Waals surface area contributed by atoms with E-state index < -0.39 is 5.97 Å². The Balaban J connectivity index is 1.67. The van der Waals surface area contributed by atoms with Crippen LogP contribution >= 0.6 is 0 Å². The third-order valence-corrected chi connectivity index (χ3v) is 5.79. The van der Waals surface area contributed by atoms with Crippen molar-refractivity contribution in [2.24, 2.45) is 0 Å². The minimum atomic E-state index is -0.392. The van der Waals surface area contributed by atoms with Gasteiger partial charge in [0.05, 0.1) is 37.5 Å². The lowest BCUT2D eigenvalue weighted by molar-refractivity contribution is -0.137. The lowest BCUT2D eigenvalue weighted by Gasteiger charge is -2.26. The maximum Gasteiger partial charge on any atom is 0.340 e. The van der Waals surface area contributed by atoms with Gasteiger partial charge in [-0.05, 0) is 63.2 Å². The summed E-state index contributed by atoms with van der Waals surface area (Å²) in [6.07, 6.45) is 0. The first-order valence-electron chi connectivity index (χ1n) is 11.6. The van der Waals surface area contributed by atoms with Crippen LogP contribution in [-0.4, -0.2) is 67.5 Å². The van der Waals surface area contributed by atoms with Crippen LogP contribution in [0.1, 0.15) is 29.9 Å². The normalized spacial score (nSPS) is 13.7. The van der Waals surface area contributed by atoms with E-state index in [4.69, 9.17) is 18.9 Å². The smallest absolute Gasteiger partial charge is 0.340 e. The molecule has 1 saturated heterocycles. The van der Waals surface area contributed by atoms with Crippen molar-refractivity contribution in [1.29, 1.82) is 0 Å². The van der Waals surface area contributed by atoms with Crippen LogP contribution in [0.25, 0.3) is 16.6 Å². The van der Waals surface area contributed by atoms with Crippen molar-refractivity contribution in [2.75, 3.05) is 46.1 Å². The number of ether oxygens (including phenoxy) is 4. The average molecular weight is 467 g/mol. The summed E-state index contributed by atoms with van der Waals surface area (Å²) in [6, 6.07) is 13.2. The molecule has 1 aliphatic heterocycles. The number of rotatable bonds is 8. The summed E-state index contributed by atoms with van der Waals surface area (Å²) in [5.74, 6) is 0.823. The van der Waals surface area contributed by atoms with Gasteiger partial charge in [-0.1, -0.05) is 0 Å². The molecule has 4 rings (SSSR count). The predicted molar refractivity (Wildman–Crippen MR) is 128 cm³/mol. The number of hydrogen-bond donors (Lipinski definition) is 0. The minimum absolute atomic E-state index is 0.0706. The molecular formula is C26H30N2O6. The first-order chi connectivity index (χ1) is 16.5. The Morgan fingerprint density at radius 3 is 2.32 bits per heavy atom. The summed E-state index contributed by atoms with van der Waals surface area (Å²) in [5.41, 5.74) is 2.99. The number of carbonyl (C=O) groups is 2. The SMILES string of the molecule is CCOC(=O)c1c(C)n(-c2ccc(OCC)cc2)c2ccc(OCC(=O)N3CCOCC3)cc12. The molecule has 3 aromatic rings. The highest BCUT2D eigenvalue weighted by Gasteiger charge is 2.23. The van der Waals surface area contributed by atoms with Gasteiger partial charge in [-0.15, -0.1) is 0 Å². The molecular weight excluding hydrogens is 436 g/mol. The second kappa shape index (κ2) is 10.6. The molecule has 1 aromatic heterocycles. The van der Waals surface area contributed by atoms with E-state index >= 15 is 0 Å². The van der Waals surface area contributed by atoms with Gasteiger partial charge in [0.1, 0.15) is 11.5 Å². The van der Waals surface area contributed by atoms with Crippen molar-refractivity contribution >= 4 is 22.8 Å². The molecule has 0 unspecified atom stereocenters. The van der Waals surface area contributed by atoms with Crippen LogP contribution in [0.4, 0.5) is 0 Å². The maximum absolute atomic E-state index is 12.9. The van der Waals surface area contributed by atoms with Crippen molar-refractivity contribution in [3.63, 3.8) is 0 Å². The Bertz CT molecular complexity index is 1160. The molecule has 34 heavy (non-hydrogen) atoms. The monoisotopic (exact) mass is 466 g/mol. The number of aromatic nitrogens is 1. The second-order valence-electron chi connectivity index (χ2n) is 7.90. The third kappa shape index (κ3) is 4.87. The van der Waals surface area contributed by atoms with Gasteiger partial charge in [-0.25, -0.2) is 4.79 Å². The number of fused-ring (bicyclic) bond motifs is 1. The lowest BCUT2D eigenvalue weighted by Crippen LogP contribution is -2.42. The molecule has 0 N–H and O–H groups in total. The maximum atomic E-state index is 12.9. The van der Waals surface area contributed by atoms with E-state index in [1.807, 2.05) is 54.8 Å². The highest BCUT2D eigenvalue weighted by atomic mass is 16.5. The van der Waals surface area contributed by atoms with Crippen LogP contribution in [0, 0.1) is 6.92 Å². The number of hydrogen-bond acceptors (Lipinski definition) is 6. The molecule has 8 heteroatoms. The van der Waals surface area contributed by atoms with E-state index in [-0.39, 0.29) is 19.1 Å². The van der Waals surface area contributed by atoms with E-state index in [0.717, 1.165) is 22.6 Å². The Kier molecular flexibility index (Phi) is 7.37. The first kappa shape index (κ1) is 23.6. The van der Waals surface area contributed by atoms with E-state index in [2.05, 4.69) is 0 Å². The predicted octanol–water partition coefficient (Wildman–Crippen LogP) is 3.75. The molecule has 8 nitrogen and oxygen atoms in total. The molecule has 0 spiro atoms. The van der Waals surface area contributed by atoms with Crippen LogP contribution in [0.3, 0.4) is 0 Å². The molecule has 180 valence electrons. The van der Waals surface area contributed by atoms with E-state index in [0.29, 0.717) is 49.6 Å². The van der Waals surface area contributed by atoms with E-state index in [1.165, 1.54) is 0 Å². The summed E-state index contributed by atoms with van der Waals surface area (Å²) in [4.78, 5) is 27.1. The average Bonchev–Trinajstić information content (AvgIpc) is 3.15. The van der Waals surface area contributed by atoms with Gasteiger partial charge in [0.25, 0.3) is 5.91 Å². The molecule has 1 amide bonds. The minimum Gasteiger partial charge on any atom is -0.494 e. The van der Waals surface area contributed by atoms with E-state index in [9.17, 15) is 9.59 Å². The number of nitrogens with zero attached hydrogens (tertiary/aromatic N) is 2. The molecule has 2 aromatic carbocycles. The molecule has 0 saturated carbocycles. The standard InChI is InChI=1S/C26H30N2O6/c1-4-32-20-8-6-19(7-9-20)28-18(3)25(26(30)33-5-2)22-16-21(10-11-23(22)28)34-17-24(29)27-12-14-31-15-13-27/h6-11,16H,4-5,12-15,17H2,1-3H3. The fraction of sp³-hybridized carbons (Fsp3) is 0.385. The van der Waals surface area contributed by atoms with Crippen molar-refractivity contribution < 1.29 is 28.5 Å². The zero-order chi connectivity index (χ0) is 24.1. The van der Waals surface area contributed by atoms with Gasteiger partial charge in [0.2, 0.25) is 0 Å². The molecule has 2 heterocycles. The van der Waals surface area contributed by atoms with Crippen LogP contribution in [-0.2, 0) is 14.3 Å². The van der Waals surface area contributed by atoms with Crippen LogP contribution in [0.15, 0.2) is 42.5 Å². The Morgan fingerprint density at radius 2 is 1.65 bits per heavy atom. The van der Waals surface area contributed by atoms with Gasteiger partial charge < -0.3 is 28.4 Å². The number of esters is 1. The van der Waals surface area contributed by atoms with Crippen molar-refractivity contribution in [3.05, 3.63) is 53.7 Å². The summed E-state index contributed by atoms with van der Waals surface area (Å²) in [6.45, 7) is 8.63. The summed E-state index contributed by atoms with van der Waals surface area (Å²) < 4.78 is 24.0. The summed E-state index contributed by atoms with van der Waals surface area (Å²) in [7, 11) is 0. The van der Waals surface area contributed by atoms with Crippen molar-refractivity contribution in [3.8, 4) is 17.2 Å². The largest absolute Gasteiger partial charge is 0.494 e. The Labute approximate surface area is 198 Å². The lowest BCUT2D eigenvalue weighted by atomic mass is 10.1. The van der Waals surface area contributed by atoms with Gasteiger partial charge in [0.15, 0.2) is 6.61 Å². The summed E-state index contributed by atoms with van der Waals surface area (Å²) in [5, 5.41) is 0.709. The van der Waals surface area contributed by atoms with Gasteiger partial charge >= 0.3 is 5.97 Å². The molecule has 1 fully saturated rings. The number of amides is 1. The molecule has 0 aliphatic carbocycles. The topological polar surface area (TPSA) is 79.2 Å².